The molecule has 1 aromatic rings. The number of furan rings is 1. The topological polar surface area (TPSA) is 71.3 Å². The first kappa shape index (κ1) is 14.6. The van der Waals surface area contributed by atoms with Crippen LogP contribution in [0.4, 0.5) is 0 Å². The summed E-state index contributed by atoms with van der Waals surface area (Å²) >= 11 is 0. The van der Waals surface area contributed by atoms with E-state index < -0.39 is 10.0 Å². The first-order valence-corrected chi connectivity index (χ1v) is 8.27. The van der Waals surface area contributed by atoms with E-state index in [9.17, 15) is 8.42 Å². The molecule has 1 aromatic heterocycles. The van der Waals surface area contributed by atoms with Crippen molar-refractivity contribution in [3.05, 3.63) is 17.9 Å². The van der Waals surface area contributed by atoms with Gasteiger partial charge in [0, 0.05) is 5.54 Å². The Bertz CT molecular complexity index is 516. The maximum absolute atomic E-state index is 12.3. The molecule has 0 saturated heterocycles. The van der Waals surface area contributed by atoms with Crippen LogP contribution in [-0.2, 0) is 16.6 Å². The summed E-state index contributed by atoms with van der Waals surface area (Å²) in [4.78, 5) is 0. The summed E-state index contributed by atoms with van der Waals surface area (Å²) < 4.78 is 32.7. The molecule has 1 saturated carbocycles. The third-order valence-corrected chi connectivity index (χ3v) is 5.05. The fourth-order valence-electron chi connectivity index (χ4n) is 2.48. The van der Waals surface area contributed by atoms with E-state index >= 15 is 0 Å². The smallest absolute Gasteiger partial charge is 0.274 e. The van der Waals surface area contributed by atoms with E-state index in [1.165, 1.54) is 6.07 Å². The van der Waals surface area contributed by atoms with Gasteiger partial charge >= 0.3 is 0 Å². The predicted molar refractivity (Wildman–Crippen MR) is 73.3 cm³/mol. The molecule has 0 aliphatic heterocycles. The van der Waals surface area contributed by atoms with Crippen molar-refractivity contribution in [2.45, 2.75) is 56.7 Å². The Morgan fingerprint density at radius 1 is 1.32 bits per heavy atom. The fraction of sp³-hybridized carbons (Fsp3) is 0.692. The number of hydrogen-bond acceptors (Lipinski definition) is 4. The Labute approximate surface area is 114 Å². The normalized spacial score (nSPS) is 18.8. The lowest BCUT2D eigenvalue weighted by Crippen LogP contribution is -2.43. The quantitative estimate of drug-likeness (QED) is 0.839. The van der Waals surface area contributed by atoms with Gasteiger partial charge in [-0.2, -0.15) is 0 Å². The van der Waals surface area contributed by atoms with Gasteiger partial charge in [0.05, 0.1) is 6.54 Å². The van der Waals surface area contributed by atoms with Crippen molar-refractivity contribution in [1.29, 1.82) is 0 Å². The minimum Gasteiger partial charge on any atom is -0.447 e. The molecule has 0 atom stereocenters. The molecule has 19 heavy (non-hydrogen) atoms. The van der Waals surface area contributed by atoms with Gasteiger partial charge in [-0.05, 0) is 38.4 Å². The second kappa shape index (κ2) is 5.64. The van der Waals surface area contributed by atoms with Crippen molar-refractivity contribution < 1.29 is 12.8 Å². The Hall–Kier alpha value is -0.850. The van der Waals surface area contributed by atoms with Crippen LogP contribution in [0.2, 0.25) is 0 Å². The van der Waals surface area contributed by atoms with Crippen molar-refractivity contribution in [2.24, 2.45) is 0 Å². The molecule has 2 N–H and O–H groups in total. The maximum Gasteiger partial charge on any atom is 0.274 e. The summed E-state index contributed by atoms with van der Waals surface area (Å²) in [6.07, 6.45) is 3.92. The predicted octanol–water partition coefficient (Wildman–Crippen LogP) is 2.00. The average molecular weight is 286 g/mol. The van der Waals surface area contributed by atoms with Crippen LogP contribution in [-0.4, -0.2) is 20.5 Å². The Morgan fingerprint density at radius 2 is 2.00 bits per heavy atom. The third-order valence-electron chi connectivity index (χ3n) is 3.54. The van der Waals surface area contributed by atoms with Gasteiger partial charge in [-0.15, -0.1) is 0 Å². The van der Waals surface area contributed by atoms with Gasteiger partial charge in [-0.25, -0.2) is 13.1 Å². The van der Waals surface area contributed by atoms with E-state index in [2.05, 4.69) is 10.0 Å². The highest BCUT2D eigenvalue weighted by molar-refractivity contribution is 7.89. The Balaban J connectivity index is 2.08. The van der Waals surface area contributed by atoms with E-state index in [1.807, 2.05) is 13.8 Å². The number of sulfonamides is 1. The molecule has 0 aromatic carbocycles. The van der Waals surface area contributed by atoms with Crippen LogP contribution in [0.1, 0.15) is 45.3 Å². The molecule has 5 nitrogen and oxygen atoms in total. The highest BCUT2D eigenvalue weighted by atomic mass is 32.2. The summed E-state index contributed by atoms with van der Waals surface area (Å²) in [5.74, 6) is 0.638. The van der Waals surface area contributed by atoms with E-state index in [-0.39, 0.29) is 10.6 Å². The molecule has 1 aliphatic carbocycles. The number of rotatable bonds is 6. The van der Waals surface area contributed by atoms with Gasteiger partial charge in [0.15, 0.2) is 0 Å². The lowest BCUT2D eigenvalue weighted by Gasteiger charge is -2.23. The van der Waals surface area contributed by atoms with Gasteiger partial charge in [0.1, 0.15) is 5.76 Å². The van der Waals surface area contributed by atoms with Crippen molar-refractivity contribution in [3.63, 3.8) is 0 Å². The monoisotopic (exact) mass is 286 g/mol. The molecule has 1 fully saturated rings. The molecule has 0 bridgehead atoms. The van der Waals surface area contributed by atoms with E-state index in [0.29, 0.717) is 12.3 Å². The summed E-state index contributed by atoms with van der Waals surface area (Å²) in [5, 5.41) is 3.11. The van der Waals surface area contributed by atoms with Crippen LogP contribution >= 0.6 is 0 Å². The summed E-state index contributed by atoms with van der Waals surface area (Å²) in [5.41, 5.74) is -0.326. The van der Waals surface area contributed by atoms with Gasteiger partial charge in [0.25, 0.3) is 10.0 Å². The van der Waals surface area contributed by atoms with Gasteiger partial charge < -0.3 is 9.73 Å². The van der Waals surface area contributed by atoms with Crippen LogP contribution in [0.15, 0.2) is 21.6 Å². The van der Waals surface area contributed by atoms with Gasteiger partial charge in [-0.3, -0.25) is 0 Å². The molecule has 108 valence electrons. The molecule has 6 heteroatoms. The molecule has 0 radical (unpaired) electrons. The minimum atomic E-state index is -3.55. The molecule has 2 rings (SSSR count). The van der Waals surface area contributed by atoms with Crippen molar-refractivity contribution >= 4 is 10.0 Å². The molecular weight excluding hydrogens is 264 g/mol. The van der Waals surface area contributed by atoms with Crippen LogP contribution in [0.5, 0.6) is 0 Å². The lowest BCUT2D eigenvalue weighted by molar-refractivity contribution is 0.383. The fourth-order valence-corrected chi connectivity index (χ4v) is 3.90. The van der Waals surface area contributed by atoms with Crippen LogP contribution < -0.4 is 10.0 Å². The zero-order chi connectivity index (χ0) is 13.9. The first-order valence-electron chi connectivity index (χ1n) is 6.79. The number of hydrogen-bond donors (Lipinski definition) is 2. The van der Waals surface area contributed by atoms with E-state index in [4.69, 9.17) is 4.42 Å². The zero-order valence-electron chi connectivity index (χ0n) is 11.5. The Kier molecular flexibility index (Phi) is 4.32. The second-order valence-corrected chi connectivity index (χ2v) is 6.99. The number of nitrogens with one attached hydrogen (secondary N) is 2. The van der Waals surface area contributed by atoms with Crippen LogP contribution in [0.3, 0.4) is 0 Å². The highest BCUT2D eigenvalue weighted by Gasteiger charge is 2.34. The van der Waals surface area contributed by atoms with Crippen molar-refractivity contribution in [2.75, 3.05) is 6.54 Å². The van der Waals surface area contributed by atoms with E-state index in [0.717, 1.165) is 32.2 Å². The van der Waals surface area contributed by atoms with Gasteiger partial charge in [0.2, 0.25) is 5.09 Å². The van der Waals surface area contributed by atoms with E-state index in [1.54, 1.807) is 6.07 Å². The second-order valence-electron chi connectivity index (χ2n) is 5.37. The maximum atomic E-state index is 12.3. The minimum absolute atomic E-state index is 0.00790. The molecule has 0 spiro atoms. The summed E-state index contributed by atoms with van der Waals surface area (Å²) in [6.45, 7) is 5.31. The highest BCUT2D eigenvalue weighted by Crippen LogP contribution is 2.30. The largest absolute Gasteiger partial charge is 0.447 e. The third kappa shape index (κ3) is 3.58. The molecule has 0 unspecified atom stereocenters. The van der Waals surface area contributed by atoms with Crippen LogP contribution in [0, 0.1) is 0 Å². The molecule has 1 heterocycles. The Morgan fingerprint density at radius 3 is 2.63 bits per heavy atom. The van der Waals surface area contributed by atoms with Crippen LogP contribution in [0.25, 0.3) is 0 Å². The molecular formula is C13H22N2O3S. The first-order chi connectivity index (χ1) is 8.95. The summed E-state index contributed by atoms with van der Waals surface area (Å²) in [7, 11) is -3.55. The SMILES string of the molecule is CCNCc1ccc(S(=O)(=O)NC2(C)CCCC2)o1. The molecule has 1 aliphatic rings. The molecule has 0 amide bonds. The van der Waals surface area contributed by atoms with Crippen molar-refractivity contribution in [1.82, 2.24) is 10.0 Å². The van der Waals surface area contributed by atoms with Crippen molar-refractivity contribution in [3.8, 4) is 0 Å². The summed E-state index contributed by atoms with van der Waals surface area (Å²) in [6, 6.07) is 3.22. The average Bonchev–Trinajstić information content (AvgIpc) is 2.95. The standard InChI is InChI=1S/C13H22N2O3S/c1-3-14-10-11-6-7-12(18-11)19(16,17)15-13(2)8-4-5-9-13/h6-7,14-15H,3-5,8-10H2,1-2H3. The lowest BCUT2D eigenvalue weighted by atomic mass is 10.0. The zero-order valence-corrected chi connectivity index (χ0v) is 12.3. The van der Waals surface area contributed by atoms with Gasteiger partial charge in [-0.1, -0.05) is 19.8 Å².